The number of anilines is 1. The van der Waals surface area contributed by atoms with Crippen molar-refractivity contribution in [2.75, 3.05) is 11.9 Å². The number of aromatic nitrogens is 1. The number of pyridine rings is 1. The SMILES string of the molecule is O=C(CCNCc1ccccn1)Nc1ccc(F)cc1F. The molecule has 0 aliphatic heterocycles. The van der Waals surface area contributed by atoms with E-state index in [0.717, 1.165) is 17.8 Å². The van der Waals surface area contributed by atoms with Crippen LogP contribution < -0.4 is 10.6 Å². The van der Waals surface area contributed by atoms with E-state index in [-0.39, 0.29) is 18.0 Å². The first-order valence-corrected chi connectivity index (χ1v) is 6.50. The van der Waals surface area contributed by atoms with E-state index in [1.165, 1.54) is 6.07 Å². The topological polar surface area (TPSA) is 54.0 Å². The third-order valence-corrected chi connectivity index (χ3v) is 2.77. The number of rotatable bonds is 6. The van der Waals surface area contributed by atoms with Crippen LogP contribution in [0.3, 0.4) is 0 Å². The van der Waals surface area contributed by atoms with Gasteiger partial charge in [-0.2, -0.15) is 0 Å². The Bertz CT molecular complexity index is 605. The molecule has 0 aliphatic carbocycles. The minimum absolute atomic E-state index is 0.0221. The fraction of sp³-hybridized carbons (Fsp3) is 0.200. The van der Waals surface area contributed by atoms with Crippen LogP contribution in [0, 0.1) is 11.6 Å². The number of nitrogens with zero attached hydrogens (tertiary/aromatic N) is 1. The maximum absolute atomic E-state index is 13.3. The molecule has 0 radical (unpaired) electrons. The number of nitrogens with one attached hydrogen (secondary N) is 2. The molecule has 2 aromatic rings. The highest BCUT2D eigenvalue weighted by molar-refractivity contribution is 5.90. The Hall–Kier alpha value is -2.34. The molecule has 0 unspecified atom stereocenters. The molecular weight excluding hydrogens is 276 g/mol. The predicted molar refractivity (Wildman–Crippen MR) is 75.5 cm³/mol. The van der Waals surface area contributed by atoms with Gasteiger partial charge in [-0.1, -0.05) is 6.07 Å². The summed E-state index contributed by atoms with van der Waals surface area (Å²) >= 11 is 0. The fourth-order valence-corrected chi connectivity index (χ4v) is 1.72. The van der Waals surface area contributed by atoms with Crippen LogP contribution in [0.5, 0.6) is 0 Å². The van der Waals surface area contributed by atoms with E-state index in [1.807, 2.05) is 18.2 Å². The van der Waals surface area contributed by atoms with Gasteiger partial charge in [0.2, 0.25) is 5.91 Å². The highest BCUT2D eigenvalue weighted by atomic mass is 19.1. The van der Waals surface area contributed by atoms with Crippen molar-refractivity contribution in [2.24, 2.45) is 0 Å². The fourth-order valence-electron chi connectivity index (χ4n) is 1.72. The molecule has 2 rings (SSSR count). The summed E-state index contributed by atoms with van der Waals surface area (Å²) < 4.78 is 26.1. The minimum atomic E-state index is -0.787. The van der Waals surface area contributed by atoms with Crippen molar-refractivity contribution in [3.8, 4) is 0 Å². The van der Waals surface area contributed by atoms with Crippen molar-refractivity contribution >= 4 is 11.6 Å². The Kier molecular flexibility index (Phi) is 5.34. The van der Waals surface area contributed by atoms with Gasteiger partial charge >= 0.3 is 0 Å². The van der Waals surface area contributed by atoms with Gasteiger partial charge in [0.1, 0.15) is 11.6 Å². The van der Waals surface area contributed by atoms with Crippen molar-refractivity contribution in [1.29, 1.82) is 0 Å². The highest BCUT2D eigenvalue weighted by Crippen LogP contribution is 2.14. The lowest BCUT2D eigenvalue weighted by Gasteiger charge is -2.07. The molecule has 0 aliphatic rings. The van der Waals surface area contributed by atoms with Crippen molar-refractivity contribution in [1.82, 2.24) is 10.3 Å². The molecule has 6 heteroatoms. The standard InChI is InChI=1S/C15H15F2N3O/c16-11-4-5-14(13(17)9-11)20-15(21)6-8-18-10-12-3-1-2-7-19-12/h1-5,7,9,18H,6,8,10H2,(H,20,21). The molecule has 2 N–H and O–H groups in total. The molecule has 1 aromatic heterocycles. The molecule has 0 fully saturated rings. The number of carbonyl (C=O) groups is 1. The van der Waals surface area contributed by atoms with Crippen LogP contribution in [0.25, 0.3) is 0 Å². The van der Waals surface area contributed by atoms with Crippen LogP contribution in [0.2, 0.25) is 0 Å². The second kappa shape index (κ2) is 7.44. The van der Waals surface area contributed by atoms with Crippen LogP contribution in [0.15, 0.2) is 42.6 Å². The summed E-state index contributed by atoms with van der Waals surface area (Å²) in [5.41, 5.74) is 0.855. The Morgan fingerprint density at radius 2 is 2.05 bits per heavy atom. The van der Waals surface area contributed by atoms with Crippen LogP contribution in [-0.4, -0.2) is 17.4 Å². The van der Waals surface area contributed by atoms with Crippen LogP contribution >= 0.6 is 0 Å². The van der Waals surface area contributed by atoms with Crippen molar-refractivity contribution < 1.29 is 13.6 Å². The summed E-state index contributed by atoms with van der Waals surface area (Å²) in [6, 6.07) is 8.61. The van der Waals surface area contributed by atoms with Crippen molar-refractivity contribution in [2.45, 2.75) is 13.0 Å². The highest BCUT2D eigenvalue weighted by Gasteiger charge is 2.07. The van der Waals surface area contributed by atoms with Crippen LogP contribution in [-0.2, 0) is 11.3 Å². The summed E-state index contributed by atoms with van der Waals surface area (Å²) in [7, 11) is 0. The van der Waals surface area contributed by atoms with Crippen LogP contribution in [0.1, 0.15) is 12.1 Å². The van der Waals surface area contributed by atoms with Gasteiger partial charge in [-0.05, 0) is 24.3 Å². The van der Waals surface area contributed by atoms with Gasteiger partial charge in [0.05, 0.1) is 11.4 Å². The summed E-state index contributed by atoms with van der Waals surface area (Å²) in [5, 5.41) is 5.46. The first kappa shape index (κ1) is 15.1. The predicted octanol–water partition coefficient (Wildman–Crippen LogP) is 2.48. The molecule has 1 heterocycles. The summed E-state index contributed by atoms with van der Waals surface area (Å²) in [6.45, 7) is 0.990. The maximum atomic E-state index is 13.3. The molecule has 21 heavy (non-hydrogen) atoms. The smallest absolute Gasteiger partial charge is 0.225 e. The normalized spacial score (nSPS) is 10.4. The van der Waals surface area contributed by atoms with E-state index in [9.17, 15) is 13.6 Å². The molecule has 0 saturated heterocycles. The Morgan fingerprint density at radius 3 is 2.76 bits per heavy atom. The van der Waals surface area contributed by atoms with E-state index in [1.54, 1.807) is 6.20 Å². The van der Waals surface area contributed by atoms with Gasteiger partial charge in [-0.25, -0.2) is 8.78 Å². The Labute approximate surface area is 121 Å². The maximum Gasteiger partial charge on any atom is 0.225 e. The monoisotopic (exact) mass is 291 g/mol. The zero-order valence-corrected chi connectivity index (χ0v) is 11.3. The Balaban J connectivity index is 1.72. The third kappa shape index (κ3) is 4.92. The quantitative estimate of drug-likeness (QED) is 0.804. The largest absolute Gasteiger partial charge is 0.324 e. The number of halogens is 2. The van der Waals surface area contributed by atoms with Gasteiger partial charge < -0.3 is 10.6 Å². The molecule has 4 nitrogen and oxygen atoms in total. The third-order valence-electron chi connectivity index (χ3n) is 2.77. The number of carbonyl (C=O) groups excluding carboxylic acids is 1. The van der Waals surface area contributed by atoms with Crippen LogP contribution in [0.4, 0.5) is 14.5 Å². The molecule has 1 aromatic carbocycles. The molecule has 110 valence electrons. The number of benzene rings is 1. The lowest BCUT2D eigenvalue weighted by molar-refractivity contribution is -0.116. The lowest BCUT2D eigenvalue weighted by atomic mass is 10.3. The first-order chi connectivity index (χ1) is 10.1. The molecule has 1 amide bonds. The minimum Gasteiger partial charge on any atom is -0.324 e. The van der Waals surface area contributed by atoms with Gasteiger partial charge in [0.25, 0.3) is 0 Å². The summed E-state index contributed by atoms with van der Waals surface area (Å²) in [6.07, 6.45) is 1.88. The summed E-state index contributed by atoms with van der Waals surface area (Å²) in [5.74, 6) is -1.80. The van der Waals surface area contributed by atoms with E-state index in [2.05, 4.69) is 15.6 Å². The van der Waals surface area contributed by atoms with E-state index < -0.39 is 11.6 Å². The summed E-state index contributed by atoms with van der Waals surface area (Å²) in [4.78, 5) is 15.8. The second-order valence-corrected chi connectivity index (χ2v) is 4.42. The van der Waals surface area contributed by atoms with Gasteiger partial charge in [0, 0.05) is 31.8 Å². The van der Waals surface area contributed by atoms with E-state index >= 15 is 0 Å². The lowest BCUT2D eigenvalue weighted by Crippen LogP contribution is -2.22. The number of amides is 1. The average molecular weight is 291 g/mol. The zero-order chi connectivity index (χ0) is 15.1. The number of hydrogen-bond donors (Lipinski definition) is 2. The Morgan fingerprint density at radius 1 is 1.19 bits per heavy atom. The molecule has 0 atom stereocenters. The van der Waals surface area contributed by atoms with Crippen molar-refractivity contribution in [3.63, 3.8) is 0 Å². The van der Waals surface area contributed by atoms with Gasteiger partial charge in [-0.3, -0.25) is 9.78 Å². The number of hydrogen-bond acceptors (Lipinski definition) is 3. The molecule has 0 saturated carbocycles. The van der Waals surface area contributed by atoms with E-state index in [0.29, 0.717) is 13.1 Å². The van der Waals surface area contributed by atoms with E-state index in [4.69, 9.17) is 0 Å². The van der Waals surface area contributed by atoms with Gasteiger partial charge in [0.15, 0.2) is 0 Å². The molecule has 0 bridgehead atoms. The first-order valence-electron chi connectivity index (χ1n) is 6.50. The van der Waals surface area contributed by atoms with Gasteiger partial charge in [-0.15, -0.1) is 0 Å². The van der Waals surface area contributed by atoms with Crippen molar-refractivity contribution in [3.05, 3.63) is 59.9 Å². The zero-order valence-electron chi connectivity index (χ0n) is 11.3. The molecular formula is C15H15F2N3O. The average Bonchev–Trinajstić information content (AvgIpc) is 2.48. The molecule has 0 spiro atoms. The second-order valence-electron chi connectivity index (χ2n) is 4.42.